The van der Waals surface area contributed by atoms with Gasteiger partial charge in [0.05, 0.1) is 13.2 Å². The number of amides is 1. The molecule has 4 heteroatoms. The van der Waals surface area contributed by atoms with E-state index in [1.165, 1.54) is 0 Å². The number of nitrogens with one attached hydrogen (secondary N) is 1. The highest BCUT2D eigenvalue weighted by molar-refractivity contribution is 5.79. The smallest absolute Gasteiger partial charge is 0.223 e. The Morgan fingerprint density at radius 3 is 2.75 bits per heavy atom. The van der Waals surface area contributed by atoms with Gasteiger partial charge in [-0.15, -0.1) is 0 Å². The van der Waals surface area contributed by atoms with Gasteiger partial charge in [0.25, 0.3) is 0 Å². The zero-order valence-electron chi connectivity index (χ0n) is 12.4. The van der Waals surface area contributed by atoms with Crippen LogP contribution in [0, 0.1) is 12.8 Å². The molecule has 1 saturated heterocycles. The van der Waals surface area contributed by atoms with E-state index in [0.29, 0.717) is 13.2 Å². The Bertz CT molecular complexity index is 467. The summed E-state index contributed by atoms with van der Waals surface area (Å²) in [5.41, 5.74) is 2.18. The number of hydrogen-bond acceptors (Lipinski definition) is 3. The molecule has 0 spiro atoms. The lowest BCUT2D eigenvalue weighted by Crippen LogP contribution is -2.35. The number of rotatable bonds is 4. The SMILES string of the molecule is COc1ccc(C)cc1C(C)NC(=O)C1CCOCC1. The van der Waals surface area contributed by atoms with Gasteiger partial charge in [-0.05, 0) is 32.8 Å². The van der Waals surface area contributed by atoms with E-state index in [0.717, 1.165) is 29.7 Å². The van der Waals surface area contributed by atoms with Gasteiger partial charge in [0.2, 0.25) is 5.91 Å². The highest BCUT2D eigenvalue weighted by Gasteiger charge is 2.23. The summed E-state index contributed by atoms with van der Waals surface area (Å²) in [6, 6.07) is 5.96. The molecule has 0 aromatic heterocycles. The van der Waals surface area contributed by atoms with Crippen LogP contribution in [0.5, 0.6) is 5.75 Å². The summed E-state index contributed by atoms with van der Waals surface area (Å²) in [4.78, 5) is 12.3. The molecular weight excluding hydrogens is 254 g/mol. The van der Waals surface area contributed by atoms with Gasteiger partial charge in [0, 0.05) is 24.7 Å². The van der Waals surface area contributed by atoms with Gasteiger partial charge in [0.15, 0.2) is 0 Å². The Kier molecular flexibility index (Phi) is 5.01. The molecule has 0 radical (unpaired) electrons. The van der Waals surface area contributed by atoms with E-state index in [1.807, 2.05) is 26.0 Å². The summed E-state index contributed by atoms with van der Waals surface area (Å²) >= 11 is 0. The molecule has 0 bridgehead atoms. The molecule has 1 amide bonds. The van der Waals surface area contributed by atoms with Crippen LogP contribution in [-0.2, 0) is 9.53 Å². The molecule has 0 aliphatic carbocycles. The fourth-order valence-corrected chi connectivity index (χ4v) is 2.56. The van der Waals surface area contributed by atoms with Crippen molar-refractivity contribution in [2.75, 3.05) is 20.3 Å². The average Bonchev–Trinajstić information content (AvgIpc) is 2.48. The lowest BCUT2D eigenvalue weighted by molar-refractivity contribution is -0.128. The minimum absolute atomic E-state index is 0.0554. The Morgan fingerprint density at radius 2 is 2.10 bits per heavy atom. The quantitative estimate of drug-likeness (QED) is 0.920. The van der Waals surface area contributed by atoms with Crippen molar-refractivity contribution < 1.29 is 14.3 Å². The van der Waals surface area contributed by atoms with E-state index in [4.69, 9.17) is 9.47 Å². The highest BCUT2D eigenvalue weighted by atomic mass is 16.5. The fourth-order valence-electron chi connectivity index (χ4n) is 2.56. The molecular formula is C16H23NO3. The molecule has 1 unspecified atom stereocenters. The van der Waals surface area contributed by atoms with Crippen molar-refractivity contribution in [2.24, 2.45) is 5.92 Å². The molecule has 1 heterocycles. The minimum atomic E-state index is -0.0554. The van der Waals surface area contributed by atoms with Crippen LogP contribution in [0.2, 0.25) is 0 Å². The topological polar surface area (TPSA) is 47.6 Å². The van der Waals surface area contributed by atoms with Gasteiger partial charge in [0.1, 0.15) is 5.75 Å². The monoisotopic (exact) mass is 277 g/mol. The number of benzene rings is 1. The lowest BCUT2D eigenvalue weighted by Gasteiger charge is -2.24. The van der Waals surface area contributed by atoms with Crippen LogP contribution in [0.4, 0.5) is 0 Å². The van der Waals surface area contributed by atoms with Gasteiger partial charge >= 0.3 is 0 Å². The third kappa shape index (κ3) is 3.51. The summed E-state index contributed by atoms with van der Waals surface area (Å²) < 4.78 is 10.7. The normalized spacial score (nSPS) is 17.6. The first-order valence-corrected chi connectivity index (χ1v) is 7.14. The maximum Gasteiger partial charge on any atom is 0.223 e. The van der Waals surface area contributed by atoms with Crippen molar-refractivity contribution in [1.29, 1.82) is 0 Å². The zero-order chi connectivity index (χ0) is 14.5. The predicted octanol–water partition coefficient (Wildman–Crippen LogP) is 2.61. The minimum Gasteiger partial charge on any atom is -0.496 e. The van der Waals surface area contributed by atoms with E-state index < -0.39 is 0 Å². The number of ether oxygens (including phenoxy) is 2. The molecule has 1 aromatic rings. The van der Waals surface area contributed by atoms with Gasteiger partial charge in [-0.2, -0.15) is 0 Å². The first kappa shape index (κ1) is 14.9. The van der Waals surface area contributed by atoms with Crippen molar-refractivity contribution in [1.82, 2.24) is 5.32 Å². The van der Waals surface area contributed by atoms with Crippen molar-refractivity contribution in [2.45, 2.75) is 32.7 Å². The fraction of sp³-hybridized carbons (Fsp3) is 0.562. The average molecular weight is 277 g/mol. The number of carbonyl (C=O) groups is 1. The number of aryl methyl sites for hydroxylation is 1. The van der Waals surface area contributed by atoms with Crippen LogP contribution in [0.25, 0.3) is 0 Å². The standard InChI is InChI=1S/C16H23NO3/c1-11-4-5-15(19-3)14(10-11)12(2)17-16(18)13-6-8-20-9-7-13/h4-5,10,12-13H,6-9H2,1-3H3,(H,17,18). The van der Waals surface area contributed by atoms with Crippen molar-refractivity contribution in [3.05, 3.63) is 29.3 Å². The Labute approximate surface area is 120 Å². The van der Waals surface area contributed by atoms with Crippen molar-refractivity contribution in [3.8, 4) is 5.75 Å². The van der Waals surface area contributed by atoms with Crippen molar-refractivity contribution in [3.63, 3.8) is 0 Å². The Hall–Kier alpha value is -1.55. The van der Waals surface area contributed by atoms with Gasteiger partial charge in [-0.25, -0.2) is 0 Å². The Morgan fingerprint density at radius 1 is 1.40 bits per heavy atom. The van der Waals surface area contributed by atoms with Crippen LogP contribution in [-0.4, -0.2) is 26.2 Å². The van der Waals surface area contributed by atoms with E-state index >= 15 is 0 Å². The van der Waals surface area contributed by atoms with Crippen LogP contribution in [0.3, 0.4) is 0 Å². The first-order valence-electron chi connectivity index (χ1n) is 7.14. The number of carbonyl (C=O) groups excluding carboxylic acids is 1. The van der Waals surface area contributed by atoms with Gasteiger partial charge in [-0.1, -0.05) is 17.7 Å². The molecule has 1 aliphatic rings. The predicted molar refractivity (Wildman–Crippen MR) is 77.8 cm³/mol. The number of methoxy groups -OCH3 is 1. The second-order valence-corrected chi connectivity index (χ2v) is 5.36. The summed E-state index contributed by atoms with van der Waals surface area (Å²) in [5, 5.41) is 3.09. The van der Waals surface area contributed by atoms with E-state index in [2.05, 4.69) is 11.4 Å². The second-order valence-electron chi connectivity index (χ2n) is 5.36. The highest BCUT2D eigenvalue weighted by Crippen LogP contribution is 2.26. The molecule has 20 heavy (non-hydrogen) atoms. The van der Waals surface area contributed by atoms with E-state index in [9.17, 15) is 4.79 Å². The van der Waals surface area contributed by atoms with Crippen LogP contribution in [0.15, 0.2) is 18.2 Å². The molecule has 1 N–H and O–H groups in total. The molecule has 1 fully saturated rings. The largest absolute Gasteiger partial charge is 0.496 e. The summed E-state index contributed by atoms with van der Waals surface area (Å²) in [7, 11) is 1.65. The summed E-state index contributed by atoms with van der Waals surface area (Å²) in [5.74, 6) is 1.00. The summed E-state index contributed by atoms with van der Waals surface area (Å²) in [6.45, 7) is 5.39. The van der Waals surface area contributed by atoms with Crippen LogP contribution >= 0.6 is 0 Å². The second kappa shape index (κ2) is 6.75. The molecule has 110 valence electrons. The third-order valence-electron chi connectivity index (χ3n) is 3.80. The number of hydrogen-bond donors (Lipinski definition) is 1. The molecule has 1 aromatic carbocycles. The maximum absolute atomic E-state index is 12.3. The maximum atomic E-state index is 12.3. The first-order chi connectivity index (χ1) is 9.61. The molecule has 4 nitrogen and oxygen atoms in total. The zero-order valence-corrected chi connectivity index (χ0v) is 12.4. The molecule has 0 saturated carbocycles. The van der Waals surface area contributed by atoms with Crippen LogP contribution < -0.4 is 10.1 Å². The van der Waals surface area contributed by atoms with Crippen LogP contribution in [0.1, 0.15) is 36.9 Å². The van der Waals surface area contributed by atoms with E-state index in [-0.39, 0.29) is 17.9 Å². The molecule has 1 atom stereocenters. The third-order valence-corrected chi connectivity index (χ3v) is 3.80. The summed E-state index contributed by atoms with van der Waals surface area (Å²) in [6.07, 6.45) is 1.62. The molecule has 2 rings (SSSR count). The van der Waals surface area contributed by atoms with Crippen molar-refractivity contribution >= 4 is 5.91 Å². The van der Waals surface area contributed by atoms with Gasteiger partial charge < -0.3 is 14.8 Å². The molecule has 1 aliphatic heterocycles. The van der Waals surface area contributed by atoms with E-state index in [1.54, 1.807) is 7.11 Å². The van der Waals surface area contributed by atoms with Gasteiger partial charge in [-0.3, -0.25) is 4.79 Å². The Balaban J connectivity index is 2.05. The lowest BCUT2D eigenvalue weighted by atomic mass is 9.98.